The van der Waals surface area contributed by atoms with Crippen LogP contribution in [0.5, 0.6) is 0 Å². The van der Waals surface area contributed by atoms with Crippen LogP contribution in [0.25, 0.3) is 22.4 Å². The lowest BCUT2D eigenvalue weighted by Crippen LogP contribution is -2.16. The van der Waals surface area contributed by atoms with Gasteiger partial charge in [-0.15, -0.1) is 0 Å². The first-order valence-corrected chi connectivity index (χ1v) is 11.3. The lowest BCUT2D eigenvalue weighted by atomic mass is 10.0. The molecule has 0 aliphatic carbocycles. The van der Waals surface area contributed by atoms with Crippen molar-refractivity contribution >= 4 is 29.4 Å². The van der Waals surface area contributed by atoms with E-state index in [-0.39, 0.29) is 13.0 Å². The summed E-state index contributed by atoms with van der Waals surface area (Å²) in [5, 5.41) is 16.4. The van der Waals surface area contributed by atoms with Gasteiger partial charge in [0.1, 0.15) is 11.4 Å². The molecule has 3 aromatic carbocycles. The van der Waals surface area contributed by atoms with Gasteiger partial charge in [-0.25, -0.2) is 4.79 Å². The van der Waals surface area contributed by atoms with Crippen molar-refractivity contribution in [1.29, 1.82) is 0 Å². The number of halogens is 1. The van der Waals surface area contributed by atoms with Crippen LogP contribution in [0.3, 0.4) is 0 Å². The van der Waals surface area contributed by atoms with E-state index in [1.54, 1.807) is 25.1 Å². The number of aromatic nitrogens is 1. The SMILES string of the molecule is Cc1onc(-c2ccc(-c3ccc(CC(=O)O)cc3)cc2)c1NC(=O)OCCc1ccccc1Cl. The number of aryl methyl sites for hydroxylation is 1. The van der Waals surface area contributed by atoms with E-state index in [1.807, 2.05) is 54.6 Å². The third kappa shape index (κ3) is 6.07. The quantitative estimate of drug-likeness (QED) is 0.297. The second-order valence-corrected chi connectivity index (χ2v) is 8.32. The van der Waals surface area contributed by atoms with E-state index < -0.39 is 12.1 Å². The molecule has 0 saturated heterocycles. The Morgan fingerprint density at radius 2 is 1.60 bits per heavy atom. The number of aliphatic carboxylic acids is 1. The Bertz CT molecular complexity index is 1330. The van der Waals surface area contributed by atoms with Crippen molar-refractivity contribution in [3.63, 3.8) is 0 Å². The predicted molar refractivity (Wildman–Crippen MR) is 134 cm³/mol. The number of benzene rings is 3. The summed E-state index contributed by atoms with van der Waals surface area (Å²) in [6, 6.07) is 22.4. The summed E-state index contributed by atoms with van der Waals surface area (Å²) in [4.78, 5) is 23.2. The monoisotopic (exact) mass is 490 g/mol. The molecule has 4 aromatic rings. The van der Waals surface area contributed by atoms with Crippen LogP contribution < -0.4 is 5.32 Å². The Hall–Kier alpha value is -4.10. The minimum Gasteiger partial charge on any atom is -0.481 e. The highest BCUT2D eigenvalue weighted by atomic mass is 35.5. The number of ether oxygens (including phenoxy) is 1. The van der Waals surface area contributed by atoms with Crippen LogP contribution in [-0.2, 0) is 22.4 Å². The number of carbonyl (C=O) groups excluding carboxylic acids is 1. The Labute approximate surface area is 207 Å². The molecule has 1 aromatic heterocycles. The molecular weight excluding hydrogens is 468 g/mol. The van der Waals surface area contributed by atoms with Crippen molar-refractivity contribution in [2.75, 3.05) is 11.9 Å². The minimum absolute atomic E-state index is 0.0110. The molecule has 1 amide bonds. The lowest BCUT2D eigenvalue weighted by molar-refractivity contribution is -0.136. The first-order chi connectivity index (χ1) is 16.9. The van der Waals surface area contributed by atoms with E-state index >= 15 is 0 Å². The van der Waals surface area contributed by atoms with Crippen LogP contribution in [0, 0.1) is 6.92 Å². The molecule has 0 aliphatic rings. The molecule has 0 radical (unpaired) electrons. The summed E-state index contributed by atoms with van der Waals surface area (Å²) < 4.78 is 10.6. The van der Waals surface area contributed by atoms with Gasteiger partial charge in [-0.3, -0.25) is 10.1 Å². The summed E-state index contributed by atoms with van der Waals surface area (Å²) in [5.74, 6) is -0.403. The highest BCUT2D eigenvalue weighted by Crippen LogP contribution is 2.32. The summed E-state index contributed by atoms with van der Waals surface area (Å²) in [7, 11) is 0. The molecular formula is C27H23ClN2O5. The molecule has 7 nitrogen and oxygen atoms in total. The average molecular weight is 491 g/mol. The van der Waals surface area contributed by atoms with E-state index in [9.17, 15) is 9.59 Å². The Morgan fingerprint density at radius 1 is 0.971 bits per heavy atom. The molecule has 0 saturated carbocycles. The minimum atomic E-state index is -0.862. The fourth-order valence-electron chi connectivity index (χ4n) is 3.62. The molecule has 0 bridgehead atoms. The second-order valence-electron chi connectivity index (χ2n) is 7.91. The highest BCUT2D eigenvalue weighted by molar-refractivity contribution is 6.31. The number of hydrogen-bond acceptors (Lipinski definition) is 5. The fraction of sp³-hybridized carbons (Fsp3) is 0.148. The standard InChI is InChI=1S/C27H23ClN2O5/c1-17-25(29-27(33)34-15-14-21-4-2-3-5-23(21)28)26(30-35-17)22-12-10-20(11-13-22)19-8-6-18(7-9-19)16-24(31)32/h2-13H,14-16H2,1H3,(H,29,33)(H,31,32). The van der Waals surface area contributed by atoms with Crippen LogP contribution >= 0.6 is 11.6 Å². The number of nitrogens with zero attached hydrogens (tertiary/aromatic N) is 1. The zero-order valence-electron chi connectivity index (χ0n) is 19.0. The van der Waals surface area contributed by atoms with Gasteiger partial charge in [-0.2, -0.15) is 0 Å². The zero-order chi connectivity index (χ0) is 24.8. The van der Waals surface area contributed by atoms with Gasteiger partial charge in [0.15, 0.2) is 5.76 Å². The maximum absolute atomic E-state index is 12.4. The van der Waals surface area contributed by atoms with Crippen molar-refractivity contribution in [2.45, 2.75) is 19.8 Å². The van der Waals surface area contributed by atoms with Gasteiger partial charge in [0.05, 0.1) is 13.0 Å². The summed E-state index contributed by atoms with van der Waals surface area (Å²) >= 11 is 6.14. The van der Waals surface area contributed by atoms with Crippen LogP contribution in [0.15, 0.2) is 77.3 Å². The second kappa shape index (κ2) is 10.9. The van der Waals surface area contributed by atoms with Crippen molar-refractivity contribution < 1.29 is 24.0 Å². The van der Waals surface area contributed by atoms with E-state index in [1.165, 1.54) is 0 Å². The summed E-state index contributed by atoms with van der Waals surface area (Å²) in [5.41, 5.74) is 5.27. The number of carboxylic acids is 1. The average Bonchev–Trinajstić information content (AvgIpc) is 3.20. The first-order valence-electron chi connectivity index (χ1n) is 11.0. The van der Waals surface area contributed by atoms with Crippen LogP contribution in [0.1, 0.15) is 16.9 Å². The predicted octanol–water partition coefficient (Wildman–Crippen LogP) is 6.39. The number of rotatable bonds is 8. The van der Waals surface area contributed by atoms with Gasteiger partial charge in [0.2, 0.25) is 0 Å². The molecule has 0 fully saturated rings. The molecule has 0 spiro atoms. The van der Waals surface area contributed by atoms with Crippen LogP contribution in [0.4, 0.5) is 10.5 Å². The lowest BCUT2D eigenvalue weighted by Gasteiger charge is -2.09. The number of carboxylic acid groups (broad SMARTS) is 1. The largest absolute Gasteiger partial charge is 0.481 e. The maximum Gasteiger partial charge on any atom is 0.411 e. The van der Waals surface area contributed by atoms with E-state index in [0.717, 1.165) is 27.8 Å². The van der Waals surface area contributed by atoms with E-state index in [4.69, 9.17) is 26.0 Å². The normalized spacial score (nSPS) is 10.7. The van der Waals surface area contributed by atoms with Crippen molar-refractivity contribution in [2.24, 2.45) is 0 Å². The molecule has 4 rings (SSSR count). The molecule has 0 aliphatic heterocycles. The number of hydrogen-bond donors (Lipinski definition) is 2. The Morgan fingerprint density at radius 3 is 2.26 bits per heavy atom. The molecule has 0 atom stereocenters. The van der Waals surface area contributed by atoms with Gasteiger partial charge in [-0.1, -0.05) is 83.5 Å². The number of anilines is 1. The van der Waals surface area contributed by atoms with Gasteiger partial charge >= 0.3 is 12.1 Å². The fourth-order valence-corrected chi connectivity index (χ4v) is 3.85. The van der Waals surface area contributed by atoms with Gasteiger partial charge in [0.25, 0.3) is 0 Å². The zero-order valence-corrected chi connectivity index (χ0v) is 19.7. The molecule has 1 heterocycles. The molecule has 35 heavy (non-hydrogen) atoms. The number of amides is 1. The Kier molecular flexibility index (Phi) is 7.48. The van der Waals surface area contributed by atoms with Crippen molar-refractivity contribution in [1.82, 2.24) is 5.16 Å². The molecule has 8 heteroatoms. The van der Waals surface area contributed by atoms with Gasteiger partial charge in [0, 0.05) is 17.0 Å². The van der Waals surface area contributed by atoms with Gasteiger partial charge in [-0.05, 0) is 35.2 Å². The number of nitrogens with one attached hydrogen (secondary N) is 1. The van der Waals surface area contributed by atoms with Gasteiger partial charge < -0.3 is 14.4 Å². The van der Waals surface area contributed by atoms with Crippen LogP contribution in [-0.4, -0.2) is 28.9 Å². The first kappa shape index (κ1) is 24.0. The van der Waals surface area contributed by atoms with Crippen molar-refractivity contribution in [3.8, 4) is 22.4 Å². The third-order valence-corrected chi connectivity index (χ3v) is 5.82. The topological polar surface area (TPSA) is 102 Å². The highest BCUT2D eigenvalue weighted by Gasteiger charge is 2.18. The third-order valence-electron chi connectivity index (χ3n) is 5.45. The smallest absolute Gasteiger partial charge is 0.411 e. The number of carbonyl (C=O) groups is 2. The summed E-state index contributed by atoms with van der Waals surface area (Å²) in [6.45, 7) is 1.89. The van der Waals surface area contributed by atoms with E-state index in [0.29, 0.717) is 28.6 Å². The van der Waals surface area contributed by atoms with Crippen molar-refractivity contribution in [3.05, 3.63) is 94.7 Å². The van der Waals surface area contributed by atoms with E-state index in [2.05, 4.69) is 10.5 Å². The Balaban J connectivity index is 1.41. The molecule has 178 valence electrons. The molecule has 2 N–H and O–H groups in total. The molecule has 0 unspecified atom stereocenters. The maximum atomic E-state index is 12.4. The summed E-state index contributed by atoms with van der Waals surface area (Å²) in [6.07, 6.45) is -0.118. The van der Waals surface area contributed by atoms with Crippen LogP contribution in [0.2, 0.25) is 5.02 Å².